The number of nitrogens with zero attached hydrogens (tertiary/aromatic N) is 1. The maximum absolute atomic E-state index is 12.5. The van der Waals surface area contributed by atoms with Gasteiger partial charge in [-0.3, -0.25) is 4.79 Å². The van der Waals surface area contributed by atoms with Gasteiger partial charge in [0.25, 0.3) is 0 Å². The van der Waals surface area contributed by atoms with Crippen molar-refractivity contribution < 1.29 is 14.3 Å². The number of esters is 1. The molecule has 0 saturated heterocycles. The molecule has 2 amide bonds. The van der Waals surface area contributed by atoms with Gasteiger partial charge >= 0.3 is 12.0 Å². The van der Waals surface area contributed by atoms with Crippen LogP contribution in [0.25, 0.3) is 0 Å². The molecule has 0 fully saturated rings. The molecule has 1 unspecified atom stereocenters. The first-order valence-corrected chi connectivity index (χ1v) is 7.46. The molecule has 0 aliphatic carbocycles. The van der Waals surface area contributed by atoms with Gasteiger partial charge in [-0.2, -0.15) is 0 Å². The summed E-state index contributed by atoms with van der Waals surface area (Å²) >= 11 is 0. The molecule has 0 spiro atoms. The van der Waals surface area contributed by atoms with E-state index in [4.69, 9.17) is 4.74 Å². The Morgan fingerprint density at radius 3 is 2.57 bits per heavy atom. The fourth-order valence-corrected chi connectivity index (χ4v) is 2.82. The Kier molecular flexibility index (Phi) is 4.28. The molecule has 1 atom stereocenters. The maximum atomic E-state index is 12.5. The summed E-state index contributed by atoms with van der Waals surface area (Å²) in [5.41, 5.74) is 2.68. The van der Waals surface area contributed by atoms with Crippen molar-refractivity contribution >= 4 is 17.7 Å². The Labute approximate surface area is 134 Å². The molecule has 1 aliphatic heterocycles. The van der Waals surface area contributed by atoms with Crippen LogP contribution in [0.3, 0.4) is 0 Å². The van der Waals surface area contributed by atoms with Crippen LogP contribution in [0.5, 0.6) is 0 Å². The van der Waals surface area contributed by atoms with E-state index in [1.807, 2.05) is 54.6 Å². The number of carbonyl (C=O) groups is 2. The number of ether oxygens (including phenoxy) is 1. The molecule has 1 heterocycles. The molecule has 2 aromatic rings. The summed E-state index contributed by atoms with van der Waals surface area (Å²) < 4.78 is 4.80. The van der Waals surface area contributed by atoms with Crippen LogP contribution in [0.15, 0.2) is 54.6 Å². The summed E-state index contributed by atoms with van der Waals surface area (Å²) in [5.74, 6) is -0.336. The van der Waals surface area contributed by atoms with E-state index in [0.29, 0.717) is 6.54 Å². The van der Waals surface area contributed by atoms with Gasteiger partial charge < -0.3 is 15.0 Å². The third-order valence-corrected chi connectivity index (χ3v) is 3.98. The number of para-hydroxylation sites is 1. The zero-order valence-electron chi connectivity index (χ0n) is 12.9. The summed E-state index contributed by atoms with van der Waals surface area (Å²) in [4.78, 5) is 26.0. The molecule has 1 aliphatic rings. The van der Waals surface area contributed by atoms with Crippen LogP contribution in [-0.2, 0) is 16.1 Å². The number of rotatable bonds is 4. The molecule has 23 heavy (non-hydrogen) atoms. The van der Waals surface area contributed by atoms with Crippen molar-refractivity contribution in [1.82, 2.24) is 4.90 Å². The fraction of sp³-hybridized carbons (Fsp3) is 0.222. The highest BCUT2D eigenvalue weighted by Gasteiger charge is 2.33. The number of hydrogen-bond donors (Lipinski definition) is 1. The molecule has 118 valence electrons. The number of hydrogen-bond acceptors (Lipinski definition) is 3. The van der Waals surface area contributed by atoms with Crippen LogP contribution in [0.2, 0.25) is 0 Å². The summed E-state index contributed by atoms with van der Waals surface area (Å²) in [7, 11) is 1.36. The van der Waals surface area contributed by atoms with Crippen molar-refractivity contribution in [2.45, 2.75) is 19.0 Å². The van der Waals surface area contributed by atoms with Gasteiger partial charge in [-0.05, 0) is 17.2 Å². The van der Waals surface area contributed by atoms with E-state index in [1.54, 1.807) is 4.90 Å². The Morgan fingerprint density at radius 1 is 1.13 bits per heavy atom. The molecule has 0 bridgehead atoms. The maximum Gasteiger partial charge on any atom is 0.322 e. The molecule has 0 radical (unpaired) electrons. The zero-order chi connectivity index (χ0) is 16.2. The van der Waals surface area contributed by atoms with Crippen LogP contribution in [-0.4, -0.2) is 24.0 Å². The molecule has 1 N–H and O–H groups in total. The second-order valence-corrected chi connectivity index (χ2v) is 5.43. The topological polar surface area (TPSA) is 58.6 Å². The van der Waals surface area contributed by atoms with E-state index < -0.39 is 0 Å². The lowest BCUT2D eigenvalue weighted by Gasteiger charge is -2.37. The van der Waals surface area contributed by atoms with Crippen molar-refractivity contribution in [2.24, 2.45) is 0 Å². The molecule has 0 aromatic heterocycles. The van der Waals surface area contributed by atoms with Crippen LogP contribution < -0.4 is 5.32 Å². The van der Waals surface area contributed by atoms with Gasteiger partial charge in [0.1, 0.15) is 0 Å². The van der Waals surface area contributed by atoms with Crippen molar-refractivity contribution in [3.63, 3.8) is 0 Å². The normalized spacial score (nSPS) is 16.5. The van der Waals surface area contributed by atoms with Gasteiger partial charge in [-0.15, -0.1) is 0 Å². The Morgan fingerprint density at radius 2 is 1.83 bits per heavy atom. The number of carbonyl (C=O) groups excluding carboxylic acids is 2. The third-order valence-electron chi connectivity index (χ3n) is 3.98. The highest BCUT2D eigenvalue weighted by molar-refractivity contribution is 5.93. The van der Waals surface area contributed by atoms with E-state index in [2.05, 4.69) is 5.32 Å². The van der Waals surface area contributed by atoms with Crippen molar-refractivity contribution in [2.75, 3.05) is 12.4 Å². The lowest BCUT2D eigenvalue weighted by Crippen LogP contribution is -2.42. The van der Waals surface area contributed by atoms with E-state index in [1.165, 1.54) is 7.11 Å². The van der Waals surface area contributed by atoms with Crippen molar-refractivity contribution in [1.29, 1.82) is 0 Å². The second kappa shape index (κ2) is 6.52. The highest BCUT2D eigenvalue weighted by atomic mass is 16.5. The first-order chi connectivity index (χ1) is 11.2. The van der Waals surface area contributed by atoms with E-state index in [0.717, 1.165) is 16.8 Å². The quantitative estimate of drug-likeness (QED) is 0.881. The molecular weight excluding hydrogens is 292 g/mol. The second-order valence-electron chi connectivity index (χ2n) is 5.43. The Balaban J connectivity index is 1.95. The molecule has 3 rings (SSSR count). The molecular formula is C18H18N2O3. The standard InChI is InChI=1S/C18H18N2O3/c1-23-17(21)11-16-14-9-5-6-10-15(14)19-18(22)20(16)12-13-7-3-2-4-8-13/h2-10,16H,11-12H2,1H3,(H,19,22). The first kappa shape index (κ1) is 15.1. The average molecular weight is 310 g/mol. The van der Waals surface area contributed by atoms with Gasteiger partial charge in [0.05, 0.1) is 19.6 Å². The van der Waals surface area contributed by atoms with Gasteiger partial charge in [0, 0.05) is 12.2 Å². The van der Waals surface area contributed by atoms with Gasteiger partial charge in [0.15, 0.2) is 0 Å². The minimum atomic E-state index is -0.340. The molecule has 5 heteroatoms. The number of urea groups is 1. The van der Waals surface area contributed by atoms with Crippen LogP contribution in [0, 0.1) is 0 Å². The largest absolute Gasteiger partial charge is 0.469 e. The number of amides is 2. The summed E-state index contributed by atoms with van der Waals surface area (Å²) in [6.45, 7) is 0.433. The highest BCUT2D eigenvalue weighted by Crippen LogP contribution is 2.36. The van der Waals surface area contributed by atoms with E-state index in [9.17, 15) is 9.59 Å². The lowest BCUT2D eigenvalue weighted by atomic mass is 9.97. The van der Waals surface area contributed by atoms with Gasteiger partial charge in [-0.25, -0.2) is 4.79 Å². The minimum absolute atomic E-state index is 0.133. The van der Waals surface area contributed by atoms with E-state index >= 15 is 0 Å². The number of nitrogens with one attached hydrogen (secondary N) is 1. The average Bonchev–Trinajstić information content (AvgIpc) is 2.58. The molecule has 2 aromatic carbocycles. The van der Waals surface area contributed by atoms with Crippen LogP contribution >= 0.6 is 0 Å². The monoisotopic (exact) mass is 310 g/mol. The summed E-state index contributed by atoms with van der Waals surface area (Å²) in [5, 5.41) is 2.89. The molecule has 0 saturated carbocycles. The first-order valence-electron chi connectivity index (χ1n) is 7.46. The number of benzene rings is 2. The summed E-state index contributed by atoms with van der Waals surface area (Å²) in [6.07, 6.45) is 0.133. The zero-order valence-corrected chi connectivity index (χ0v) is 12.9. The predicted molar refractivity (Wildman–Crippen MR) is 86.8 cm³/mol. The smallest absolute Gasteiger partial charge is 0.322 e. The lowest BCUT2D eigenvalue weighted by molar-refractivity contribution is -0.141. The minimum Gasteiger partial charge on any atom is -0.469 e. The predicted octanol–water partition coefficient (Wildman–Crippen LogP) is 3.34. The van der Waals surface area contributed by atoms with Gasteiger partial charge in [-0.1, -0.05) is 48.5 Å². The Bertz CT molecular complexity index is 715. The van der Waals surface area contributed by atoms with Crippen LogP contribution in [0.4, 0.5) is 10.5 Å². The van der Waals surface area contributed by atoms with Crippen LogP contribution in [0.1, 0.15) is 23.6 Å². The Hall–Kier alpha value is -2.82. The number of methoxy groups -OCH3 is 1. The van der Waals surface area contributed by atoms with Crippen molar-refractivity contribution in [3.8, 4) is 0 Å². The van der Waals surface area contributed by atoms with Crippen molar-refractivity contribution in [3.05, 3.63) is 65.7 Å². The van der Waals surface area contributed by atoms with E-state index in [-0.39, 0.29) is 24.5 Å². The number of fused-ring (bicyclic) bond motifs is 1. The summed E-state index contributed by atoms with van der Waals surface area (Å²) in [6, 6.07) is 16.7. The molecule has 5 nitrogen and oxygen atoms in total. The SMILES string of the molecule is COC(=O)CC1c2ccccc2NC(=O)N1Cc1ccccc1. The third kappa shape index (κ3) is 3.18. The van der Waals surface area contributed by atoms with Gasteiger partial charge in [0.2, 0.25) is 0 Å². The fourth-order valence-electron chi connectivity index (χ4n) is 2.82. The number of anilines is 1.